The topological polar surface area (TPSA) is 59.0 Å². The van der Waals surface area contributed by atoms with E-state index in [2.05, 4.69) is 41.3 Å². The maximum Gasteiger partial charge on any atom is 0.193 e. The van der Waals surface area contributed by atoms with Gasteiger partial charge in [-0.2, -0.15) is 0 Å². The van der Waals surface area contributed by atoms with E-state index in [0.29, 0.717) is 19.1 Å². The molecule has 28 heavy (non-hydrogen) atoms. The van der Waals surface area contributed by atoms with Gasteiger partial charge in [-0.1, -0.05) is 18.2 Å². The monoisotopic (exact) mass is 382 g/mol. The average molecular weight is 383 g/mol. The smallest absolute Gasteiger partial charge is 0.193 e. The van der Waals surface area contributed by atoms with E-state index in [0.717, 1.165) is 55.7 Å². The Morgan fingerprint density at radius 2 is 2.14 bits per heavy atom. The standard InChI is InChI=1S/C22H30N4O2/c1-3-23-22(26(2)15-19-11-13-27-16-19)25-14-18-7-9-21(10-8-18)28-17-20-6-4-5-12-24-20/h4-10,12,19H,3,11,13-17H2,1-2H3,(H,23,25). The number of guanidine groups is 1. The van der Waals surface area contributed by atoms with Crippen molar-refractivity contribution in [3.05, 3.63) is 59.9 Å². The van der Waals surface area contributed by atoms with Crippen molar-refractivity contribution in [1.82, 2.24) is 15.2 Å². The molecule has 6 heteroatoms. The average Bonchev–Trinajstić information content (AvgIpc) is 3.24. The van der Waals surface area contributed by atoms with Crippen LogP contribution in [0.25, 0.3) is 0 Å². The number of hydrogen-bond donors (Lipinski definition) is 1. The number of aliphatic imine (C=N–C) groups is 1. The lowest BCUT2D eigenvalue weighted by atomic mass is 10.1. The Balaban J connectivity index is 1.53. The molecule has 1 fully saturated rings. The Bertz CT molecular complexity index is 728. The summed E-state index contributed by atoms with van der Waals surface area (Å²) in [7, 11) is 2.09. The van der Waals surface area contributed by atoms with Crippen LogP contribution in [0, 0.1) is 5.92 Å². The van der Waals surface area contributed by atoms with Crippen LogP contribution in [-0.4, -0.2) is 49.2 Å². The molecule has 1 N–H and O–H groups in total. The number of pyridine rings is 1. The summed E-state index contributed by atoms with van der Waals surface area (Å²) in [4.78, 5) is 11.3. The van der Waals surface area contributed by atoms with E-state index in [1.54, 1.807) is 6.20 Å². The zero-order chi connectivity index (χ0) is 19.6. The van der Waals surface area contributed by atoms with Crippen molar-refractivity contribution in [2.75, 3.05) is 33.4 Å². The summed E-state index contributed by atoms with van der Waals surface area (Å²) in [5, 5.41) is 3.38. The first-order valence-corrected chi connectivity index (χ1v) is 9.93. The van der Waals surface area contributed by atoms with Gasteiger partial charge in [-0.15, -0.1) is 0 Å². The molecule has 1 unspecified atom stereocenters. The Hall–Kier alpha value is -2.60. The van der Waals surface area contributed by atoms with Crippen molar-refractivity contribution in [3.63, 3.8) is 0 Å². The molecule has 0 amide bonds. The number of rotatable bonds is 8. The van der Waals surface area contributed by atoms with Gasteiger partial charge in [0.25, 0.3) is 0 Å². The van der Waals surface area contributed by atoms with Gasteiger partial charge in [-0.25, -0.2) is 4.99 Å². The van der Waals surface area contributed by atoms with E-state index in [4.69, 9.17) is 14.5 Å². The first-order valence-electron chi connectivity index (χ1n) is 9.93. The first-order chi connectivity index (χ1) is 13.7. The molecule has 0 radical (unpaired) electrons. The molecule has 6 nitrogen and oxygen atoms in total. The predicted octanol–water partition coefficient (Wildman–Crippen LogP) is 3.09. The second kappa shape index (κ2) is 10.7. The minimum Gasteiger partial charge on any atom is -0.487 e. The molecule has 0 spiro atoms. The molecule has 0 aliphatic carbocycles. The van der Waals surface area contributed by atoms with Crippen LogP contribution < -0.4 is 10.1 Å². The lowest BCUT2D eigenvalue weighted by molar-refractivity contribution is 0.181. The maximum absolute atomic E-state index is 5.79. The zero-order valence-electron chi connectivity index (χ0n) is 16.8. The summed E-state index contributed by atoms with van der Waals surface area (Å²) in [5.74, 6) is 2.36. The van der Waals surface area contributed by atoms with Crippen LogP contribution in [0.5, 0.6) is 5.75 Å². The summed E-state index contributed by atoms with van der Waals surface area (Å²) in [6.07, 6.45) is 2.90. The number of aromatic nitrogens is 1. The van der Waals surface area contributed by atoms with E-state index >= 15 is 0 Å². The lowest BCUT2D eigenvalue weighted by Gasteiger charge is -2.24. The summed E-state index contributed by atoms with van der Waals surface area (Å²) in [6, 6.07) is 13.9. The molecule has 1 saturated heterocycles. The number of benzene rings is 1. The quantitative estimate of drug-likeness (QED) is 0.562. The highest BCUT2D eigenvalue weighted by atomic mass is 16.5. The van der Waals surface area contributed by atoms with Crippen LogP contribution >= 0.6 is 0 Å². The molecule has 2 heterocycles. The highest BCUT2D eigenvalue weighted by Crippen LogP contribution is 2.15. The number of hydrogen-bond acceptors (Lipinski definition) is 4. The summed E-state index contributed by atoms with van der Waals surface area (Å²) in [5.41, 5.74) is 2.07. The minimum atomic E-state index is 0.471. The Kier molecular flexibility index (Phi) is 7.67. The molecule has 150 valence electrons. The molecule has 1 atom stereocenters. The van der Waals surface area contributed by atoms with Crippen LogP contribution in [0.15, 0.2) is 53.7 Å². The molecule has 1 aliphatic heterocycles. The SMILES string of the molecule is CCNC(=NCc1ccc(OCc2ccccn2)cc1)N(C)CC1CCOC1. The van der Waals surface area contributed by atoms with Gasteiger partial charge in [-0.3, -0.25) is 4.98 Å². The van der Waals surface area contributed by atoms with Crippen molar-refractivity contribution in [2.45, 2.75) is 26.5 Å². The van der Waals surface area contributed by atoms with Crippen molar-refractivity contribution >= 4 is 5.96 Å². The fourth-order valence-corrected chi connectivity index (χ4v) is 3.17. The van der Waals surface area contributed by atoms with E-state index in [1.165, 1.54) is 0 Å². The second-order valence-electron chi connectivity index (χ2n) is 7.03. The normalized spacial score (nSPS) is 16.8. The zero-order valence-corrected chi connectivity index (χ0v) is 16.8. The van der Waals surface area contributed by atoms with E-state index in [-0.39, 0.29) is 0 Å². The number of nitrogens with one attached hydrogen (secondary N) is 1. The third-order valence-corrected chi connectivity index (χ3v) is 4.70. The molecule has 0 saturated carbocycles. The maximum atomic E-state index is 5.79. The largest absolute Gasteiger partial charge is 0.487 e. The summed E-state index contributed by atoms with van der Waals surface area (Å²) < 4.78 is 11.3. The fraction of sp³-hybridized carbons (Fsp3) is 0.455. The van der Waals surface area contributed by atoms with Gasteiger partial charge in [0.05, 0.1) is 18.8 Å². The fourth-order valence-electron chi connectivity index (χ4n) is 3.17. The van der Waals surface area contributed by atoms with Crippen LogP contribution in [0.3, 0.4) is 0 Å². The Labute approximate surface area is 167 Å². The van der Waals surface area contributed by atoms with Gasteiger partial charge in [0.15, 0.2) is 5.96 Å². The highest BCUT2D eigenvalue weighted by Gasteiger charge is 2.19. The molecular weight excluding hydrogens is 352 g/mol. The first kappa shape index (κ1) is 20.1. The van der Waals surface area contributed by atoms with Gasteiger partial charge in [0.1, 0.15) is 12.4 Å². The lowest BCUT2D eigenvalue weighted by Crippen LogP contribution is -2.41. The van der Waals surface area contributed by atoms with Crippen molar-refractivity contribution in [1.29, 1.82) is 0 Å². The number of nitrogens with zero attached hydrogens (tertiary/aromatic N) is 3. The summed E-state index contributed by atoms with van der Waals surface area (Å²) >= 11 is 0. The minimum absolute atomic E-state index is 0.471. The number of ether oxygens (including phenoxy) is 2. The Morgan fingerprint density at radius 1 is 1.29 bits per heavy atom. The molecule has 2 aromatic rings. The van der Waals surface area contributed by atoms with E-state index < -0.39 is 0 Å². The van der Waals surface area contributed by atoms with Crippen molar-refractivity contribution in [3.8, 4) is 5.75 Å². The van der Waals surface area contributed by atoms with Crippen molar-refractivity contribution in [2.24, 2.45) is 10.9 Å². The van der Waals surface area contributed by atoms with Crippen LogP contribution in [-0.2, 0) is 17.9 Å². The van der Waals surface area contributed by atoms with Crippen LogP contribution in [0.4, 0.5) is 0 Å². The third kappa shape index (κ3) is 6.23. The molecule has 1 aliphatic rings. The van der Waals surface area contributed by atoms with Gasteiger partial charge in [-0.05, 0) is 43.2 Å². The van der Waals surface area contributed by atoms with Gasteiger partial charge in [0.2, 0.25) is 0 Å². The predicted molar refractivity (Wildman–Crippen MR) is 111 cm³/mol. The van der Waals surface area contributed by atoms with Gasteiger partial charge in [0, 0.05) is 38.9 Å². The van der Waals surface area contributed by atoms with E-state index in [1.807, 2.05) is 30.3 Å². The molecule has 3 rings (SSSR count). The van der Waals surface area contributed by atoms with Gasteiger partial charge >= 0.3 is 0 Å². The molecule has 1 aromatic carbocycles. The van der Waals surface area contributed by atoms with Gasteiger partial charge < -0.3 is 19.7 Å². The van der Waals surface area contributed by atoms with Crippen LogP contribution in [0.2, 0.25) is 0 Å². The Morgan fingerprint density at radius 3 is 2.82 bits per heavy atom. The van der Waals surface area contributed by atoms with Crippen LogP contribution in [0.1, 0.15) is 24.6 Å². The highest BCUT2D eigenvalue weighted by molar-refractivity contribution is 5.79. The van der Waals surface area contributed by atoms with Crippen molar-refractivity contribution < 1.29 is 9.47 Å². The summed E-state index contributed by atoms with van der Waals surface area (Å²) in [6.45, 7) is 6.74. The molecule has 0 bridgehead atoms. The second-order valence-corrected chi connectivity index (χ2v) is 7.03. The molecular formula is C22H30N4O2. The third-order valence-electron chi connectivity index (χ3n) is 4.70. The van der Waals surface area contributed by atoms with E-state index in [9.17, 15) is 0 Å². The molecule has 1 aromatic heterocycles.